The molecule has 22 heavy (non-hydrogen) atoms. The third kappa shape index (κ3) is 3.98. The largest absolute Gasteiger partial charge is 0.756 e. The van der Waals surface area contributed by atoms with Crippen LogP contribution in [0.3, 0.4) is 0 Å². The van der Waals surface area contributed by atoms with E-state index >= 15 is 0 Å². The fourth-order valence-electron chi connectivity index (χ4n) is 2.66. The lowest BCUT2D eigenvalue weighted by atomic mass is 10.1. The van der Waals surface area contributed by atoms with Crippen molar-refractivity contribution >= 4 is 13.6 Å². The van der Waals surface area contributed by atoms with Gasteiger partial charge in [-0.05, 0) is 13.0 Å². The molecule has 1 heterocycles. The fourth-order valence-corrected chi connectivity index (χ4v) is 3.04. The summed E-state index contributed by atoms with van der Waals surface area (Å²) in [5.74, 6) is -0.780. The molecule has 1 aliphatic rings. The first-order chi connectivity index (χ1) is 10.2. The lowest BCUT2D eigenvalue weighted by Gasteiger charge is -2.20. The van der Waals surface area contributed by atoms with Gasteiger partial charge in [0.05, 0.1) is 18.3 Å². The zero-order valence-electron chi connectivity index (χ0n) is 11.9. The van der Waals surface area contributed by atoms with Crippen LogP contribution >= 0.6 is 7.82 Å². The van der Waals surface area contributed by atoms with E-state index in [0.29, 0.717) is 5.56 Å². The minimum atomic E-state index is -4.87. The van der Waals surface area contributed by atoms with Crippen LogP contribution in [0.5, 0.6) is 0 Å². The molecule has 0 amide bonds. The number of carbonyl (C=O) groups is 1. The van der Waals surface area contributed by atoms with Crippen molar-refractivity contribution in [1.82, 2.24) is 0 Å². The molecular weight excluding hydrogens is 313 g/mol. The van der Waals surface area contributed by atoms with Crippen molar-refractivity contribution in [2.75, 3.05) is 6.61 Å². The van der Waals surface area contributed by atoms with Gasteiger partial charge in [0, 0.05) is 18.4 Å². The van der Waals surface area contributed by atoms with Crippen molar-refractivity contribution in [3.05, 3.63) is 30.1 Å². The Morgan fingerprint density at radius 3 is 2.77 bits per heavy atom. The number of rotatable bonds is 5. The average Bonchev–Trinajstić information content (AvgIpc) is 2.72. The molecule has 0 saturated heterocycles. The maximum atomic E-state index is 11.4. The van der Waals surface area contributed by atoms with E-state index in [2.05, 4.69) is 4.52 Å². The summed E-state index contributed by atoms with van der Waals surface area (Å²) in [6, 6.07) is 2.77. The highest BCUT2D eigenvalue weighted by Gasteiger charge is 2.47. The van der Waals surface area contributed by atoms with Crippen molar-refractivity contribution in [2.24, 2.45) is 5.92 Å². The van der Waals surface area contributed by atoms with Gasteiger partial charge in [-0.2, -0.15) is 4.57 Å². The molecule has 0 radical (unpaired) electrons. The number of aliphatic hydroxyl groups excluding tert-OH is 2. The van der Waals surface area contributed by atoms with E-state index in [0.717, 1.165) is 0 Å². The summed E-state index contributed by atoms with van der Waals surface area (Å²) >= 11 is 0. The molecule has 1 aliphatic carbocycles. The number of aromatic nitrogens is 1. The van der Waals surface area contributed by atoms with Gasteiger partial charge in [0.1, 0.15) is 6.10 Å². The number of pyridine rings is 1. The van der Waals surface area contributed by atoms with E-state index in [1.807, 2.05) is 0 Å². The topological polar surface area (TPSA) is 131 Å². The predicted molar refractivity (Wildman–Crippen MR) is 71.6 cm³/mol. The van der Waals surface area contributed by atoms with Crippen LogP contribution in [-0.2, 0) is 9.09 Å². The number of ketones is 1. The maximum Gasteiger partial charge on any atom is 0.265 e. The molecule has 5 atom stereocenters. The Bertz CT molecular complexity index is 602. The zero-order valence-corrected chi connectivity index (χ0v) is 12.8. The number of nitrogens with zero attached hydrogens (tertiary/aromatic N) is 1. The molecule has 1 saturated carbocycles. The molecule has 8 nitrogen and oxygen atoms in total. The van der Waals surface area contributed by atoms with Gasteiger partial charge in [0.15, 0.2) is 24.2 Å². The molecule has 3 N–H and O–H groups in total. The number of aliphatic hydroxyl groups is 2. The van der Waals surface area contributed by atoms with Gasteiger partial charge in [-0.3, -0.25) is 9.36 Å². The summed E-state index contributed by atoms with van der Waals surface area (Å²) in [5, 5.41) is 20.1. The summed E-state index contributed by atoms with van der Waals surface area (Å²) in [6.07, 6.45) is 1.14. The monoisotopic (exact) mass is 331 g/mol. The van der Waals surface area contributed by atoms with Crippen molar-refractivity contribution in [1.29, 1.82) is 0 Å². The van der Waals surface area contributed by atoms with Gasteiger partial charge in [0.25, 0.3) is 7.82 Å². The van der Waals surface area contributed by atoms with E-state index in [-0.39, 0.29) is 12.2 Å². The van der Waals surface area contributed by atoms with Crippen molar-refractivity contribution in [2.45, 2.75) is 31.6 Å². The highest BCUT2D eigenvalue weighted by Crippen LogP contribution is 2.37. The molecule has 2 rings (SSSR count). The van der Waals surface area contributed by atoms with Crippen LogP contribution in [0.15, 0.2) is 24.5 Å². The molecule has 1 aromatic heterocycles. The summed E-state index contributed by atoms with van der Waals surface area (Å²) < 4.78 is 16.5. The van der Waals surface area contributed by atoms with Gasteiger partial charge in [0.2, 0.25) is 0 Å². The van der Waals surface area contributed by atoms with Gasteiger partial charge >= 0.3 is 0 Å². The number of phosphoric acid groups is 1. The minimum absolute atomic E-state index is 0.130. The molecule has 0 aliphatic heterocycles. The molecule has 9 heteroatoms. The van der Waals surface area contributed by atoms with Crippen LogP contribution in [-0.4, -0.2) is 39.7 Å². The third-order valence-corrected chi connectivity index (χ3v) is 4.31. The fraction of sp³-hybridized carbons (Fsp3) is 0.538. The Kier molecular flexibility index (Phi) is 5.11. The Morgan fingerprint density at radius 1 is 1.50 bits per heavy atom. The lowest BCUT2D eigenvalue weighted by Crippen LogP contribution is -2.45. The molecule has 122 valence electrons. The van der Waals surface area contributed by atoms with Gasteiger partial charge in [-0.25, -0.2) is 0 Å². The van der Waals surface area contributed by atoms with Crippen LogP contribution in [0.2, 0.25) is 0 Å². The molecule has 5 unspecified atom stereocenters. The van der Waals surface area contributed by atoms with Gasteiger partial charge in [-0.15, -0.1) is 0 Å². The summed E-state index contributed by atoms with van der Waals surface area (Å²) in [4.78, 5) is 30.6. The number of carbonyl (C=O) groups excluding carboxylic acids is 1. The SMILES string of the molecule is CC(=O)c1ccc[n+](C2CC(COP(=O)([O-])O)C(O)C2O)c1. The number of Topliss-reactive ketones (excluding diaryl/α,β-unsaturated/α-hetero) is 1. The summed E-state index contributed by atoms with van der Waals surface area (Å²) in [7, 11) is -4.87. The Hall–Kier alpha value is -1.15. The second kappa shape index (κ2) is 6.54. The molecular formula is C13H18NO7P. The first-order valence-corrected chi connectivity index (χ1v) is 8.25. The average molecular weight is 331 g/mol. The molecule has 0 spiro atoms. The van der Waals surface area contributed by atoms with E-state index in [1.165, 1.54) is 6.92 Å². The van der Waals surface area contributed by atoms with Gasteiger partial charge in [-0.1, -0.05) is 0 Å². The summed E-state index contributed by atoms with van der Waals surface area (Å²) in [6.45, 7) is 1.00. The predicted octanol–water partition coefficient (Wildman–Crippen LogP) is -1.06. The number of hydrogen-bond acceptors (Lipinski definition) is 6. The Labute approximate surface area is 127 Å². The van der Waals surface area contributed by atoms with Crippen LogP contribution in [0, 0.1) is 5.92 Å². The Balaban J connectivity index is 2.14. The van der Waals surface area contributed by atoms with Crippen molar-refractivity contribution < 1.29 is 38.5 Å². The molecule has 1 aromatic rings. The van der Waals surface area contributed by atoms with Gasteiger partial charge < -0.3 is 24.5 Å². The second-order valence-corrected chi connectivity index (χ2v) is 6.60. The highest BCUT2D eigenvalue weighted by molar-refractivity contribution is 7.44. The highest BCUT2D eigenvalue weighted by atomic mass is 31.2. The third-order valence-electron chi connectivity index (χ3n) is 3.83. The minimum Gasteiger partial charge on any atom is -0.756 e. The van der Waals surface area contributed by atoms with Crippen molar-refractivity contribution in [3.63, 3.8) is 0 Å². The Morgan fingerprint density at radius 2 is 2.18 bits per heavy atom. The summed E-state index contributed by atoms with van der Waals surface area (Å²) in [5.41, 5.74) is 0.461. The smallest absolute Gasteiger partial charge is 0.265 e. The van der Waals surface area contributed by atoms with E-state index in [1.54, 1.807) is 29.1 Å². The maximum absolute atomic E-state index is 11.4. The molecule has 0 aromatic carbocycles. The number of hydrogen-bond donors (Lipinski definition) is 3. The quantitative estimate of drug-likeness (QED) is 0.356. The standard InChI is InChI=1S/C13H18NO7P/c1-8(15)9-3-2-4-14(6-9)11-5-10(12(16)13(11)17)7-21-22(18,19)20/h2-4,6,10-13,16-17H,5,7H2,1H3,(H-,18,19,20). The first-order valence-electron chi connectivity index (χ1n) is 6.75. The molecule has 1 fully saturated rings. The first kappa shape index (κ1) is 17.2. The molecule has 0 bridgehead atoms. The number of phosphoric ester groups is 1. The van der Waals surface area contributed by atoms with E-state index < -0.39 is 38.6 Å². The van der Waals surface area contributed by atoms with E-state index in [9.17, 15) is 24.5 Å². The normalized spacial score (nSPS) is 31.0. The van der Waals surface area contributed by atoms with Crippen molar-refractivity contribution in [3.8, 4) is 0 Å². The van der Waals surface area contributed by atoms with Crippen LogP contribution in [0.4, 0.5) is 0 Å². The van der Waals surface area contributed by atoms with Crippen LogP contribution in [0.25, 0.3) is 0 Å². The van der Waals surface area contributed by atoms with E-state index in [4.69, 9.17) is 4.89 Å². The van der Waals surface area contributed by atoms with Crippen LogP contribution in [0.1, 0.15) is 29.7 Å². The zero-order chi connectivity index (χ0) is 16.5. The second-order valence-electron chi connectivity index (χ2n) is 5.40. The lowest BCUT2D eigenvalue weighted by molar-refractivity contribution is -0.728. The van der Waals surface area contributed by atoms with Crippen LogP contribution < -0.4 is 9.46 Å².